The molecular weight excluding hydrogens is 311 g/mol. The molecular formula is C15H22ClFN2OS. The van der Waals surface area contributed by atoms with Gasteiger partial charge in [0.25, 0.3) is 0 Å². The van der Waals surface area contributed by atoms with Gasteiger partial charge in [-0.05, 0) is 50.2 Å². The topological polar surface area (TPSA) is 41.1 Å². The van der Waals surface area contributed by atoms with Crippen molar-refractivity contribution >= 4 is 30.1 Å². The fourth-order valence-corrected chi connectivity index (χ4v) is 3.06. The molecule has 1 aliphatic heterocycles. The Balaban J connectivity index is 0.00000220. The third-order valence-electron chi connectivity index (χ3n) is 3.45. The lowest BCUT2D eigenvalue weighted by atomic mass is 10.1. The van der Waals surface area contributed by atoms with Gasteiger partial charge in [-0.2, -0.15) is 0 Å². The van der Waals surface area contributed by atoms with Crippen molar-refractivity contribution in [2.24, 2.45) is 5.92 Å². The fourth-order valence-electron chi connectivity index (χ4n) is 2.14. The van der Waals surface area contributed by atoms with E-state index in [0.29, 0.717) is 11.8 Å². The van der Waals surface area contributed by atoms with Gasteiger partial charge in [-0.1, -0.05) is 6.92 Å². The van der Waals surface area contributed by atoms with Crippen molar-refractivity contribution in [2.45, 2.75) is 30.7 Å². The van der Waals surface area contributed by atoms with Gasteiger partial charge in [0.2, 0.25) is 5.91 Å². The molecule has 1 saturated heterocycles. The highest BCUT2D eigenvalue weighted by Crippen LogP contribution is 2.21. The van der Waals surface area contributed by atoms with Crippen molar-refractivity contribution in [1.82, 2.24) is 10.6 Å². The first-order chi connectivity index (χ1) is 9.65. The first-order valence-corrected chi connectivity index (χ1v) is 8.03. The van der Waals surface area contributed by atoms with Crippen LogP contribution in [0.15, 0.2) is 29.2 Å². The average molecular weight is 333 g/mol. The molecule has 0 radical (unpaired) electrons. The second-order valence-electron chi connectivity index (χ2n) is 5.20. The molecule has 2 rings (SSSR count). The summed E-state index contributed by atoms with van der Waals surface area (Å²) in [6, 6.07) is 6.70. The second-order valence-corrected chi connectivity index (χ2v) is 6.29. The van der Waals surface area contributed by atoms with Crippen LogP contribution in [-0.2, 0) is 4.79 Å². The molecule has 0 aliphatic carbocycles. The Kier molecular flexibility index (Phi) is 8.07. The lowest BCUT2D eigenvalue weighted by Crippen LogP contribution is -2.44. The van der Waals surface area contributed by atoms with Crippen LogP contribution in [0.2, 0.25) is 0 Å². The van der Waals surface area contributed by atoms with Crippen LogP contribution < -0.4 is 10.6 Å². The summed E-state index contributed by atoms with van der Waals surface area (Å²) in [4.78, 5) is 13.1. The minimum absolute atomic E-state index is 0. The van der Waals surface area contributed by atoms with E-state index in [2.05, 4.69) is 10.6 Å². The van der Waals surface area contributed by atoms with E-state index in [9.17, 15) is 9.18 Å². The van der Waals surface area contributed by atoms with Crippen LogP contribution in [0.25, 0.3) is 0 Å². The van der Waals surface area contributed by atoms with Crippen molar-refractivity contribution in [2.75, 3.05) is 18.8 Å². The summed E-state index contributed by atoms with van der Waals surface area (Å²) in [6.45, 7) is 3.89. The van der Waals surface area contributed by atoms with E-state index < -0.39 is 0 Å². The third-order valence-corrected chi connectivity index (χ3v) is 4.72. The predicted molar refractivity (Wildman–Crippen MR) is 87.6 cm³/mol. The number of hydrogen-bond donors (Lipinski definition) is 2. The zero-order valence-corrected chi connectivity index (χ0v) is 13.7. The summed E-state index contributed by atoms with van der Waals surface area (Å²) in [5, 5.41) is 6.39. The predicted octanol–water partition coefficient (Wildman–Crippen LogP) is 2.84. The number of thioether (sulfide) groups is 1. The number of carbonyl (C=O) groups excluding carboxylic acids is 1. The molecule has 1 aliphatic rings. The standard InChI is InChI=1S/C15H21FN2OS.ClH/c1-11(10-20-14-4-2-12(16)3-5-14)15(19)18-13-6-8-17-9-7-13;/h2-5,11,13,17H,6-10H2,1H3,(H,18,19);1H. The average Bonchev–Trinajstić information content (AvgIpc) is 2.47. The zero-order chi connectivity index (χ0) is 14.4. The summed E-state index contributed by atoms with van der Waals surface area (Å²) in [5.74, 6) is 0.556. The maximum absolute atomic E-state index is 12.8. The highest BCUT2D eigenvalue weighted by Gasteiger charge is 2.19. The Hall–Kier alpha value is -0.780. The molecule has 6 heteroatoms. The van der Waals surface area contributed by atoms with Crippen LogP contribution in [0.3, 0.4) is 0 Å². The number of benzene rings is 1. The molecule has 1 atom stereocenters. The Morgan fingerprint density at radius 1 is 1.38 bits per heavy atom. The van der Waals surface area contributed by atoms with Gasteiger partial charge >= 0.3 is 0 Å². The normalized spacial score (nSPS) is 16.9. The monoisotopic (exact) mass is 332 g/mol. The van der Waals surface area contributed by atoms with E-state index in [4.69, 9.17) is 0 Å². The Morgan fingerprint density at radius 3 is 2.62 bits per heavy atom. The molecule has 0 bridgehead atoms. The number of carbonyl (C=O) groups is 1. The molecule has 1 aromatic rings. The van der Waals surface area contributed by atoms with Crippen LogP contribution in [0.5, 0.6) is 0 Å². The Morgan fingerprint density at radius 2 is 2.00 bits per heavy atom. The van der Waals surface area contributed by atoms with Gasteiger partial charge in [-0.3, -0.25) is 4.79 Å². The summed E-state index contributed by atoms with van der Waals surface area (Å²) in [6.07, 6.45) is 2.01. The molecule has 1 heterocycles. The first kappa shape index (κ1) is 18.3. The van der Waals surface area contributed by atoms with E-state index in [1.54, 1.807) is 23.9 Å². The largest absolute Gasteiger partial charge is 0.353 e. The number of rotatable bonds is 5. The van der Waals surface area contributed by atoms with Gasteiger partial charge in [0, 0.05) is 22.6 Å². The molecule has 0 spiro atoms. The number of piperidine rings is 1. The third kappa shape index (κ3) is 6.24. The SMILES string of the molecule is CC(CSc1ccc(F)cc1)C(=O)NC1CCNCC1.Cl. The fraction of sp³-hybridized carbons (Fsp3) is 0.533. The molecule has 1 unspecified atom stereocenters. The van der Waals surface area contributed by atoms with Gasteiger partial charge in [0.1, 0.15) is 5.82 Å². The van der Waals surface area contributed by atoms with Crippen molar-refractivity contribution in [3.63, 3.8) is 0 Å². The zero-order valence-electron chi connectivity index (χ0n) is 12.1. The van der Waals surface area contributed by atoms with Crippen molar-refractivity contribution < 1.29 is 9.18 Å². The quantitative estimate of drug-likeness (QED) is 0.815. The summed E-state index contributed by atoms with van der Waals surface area (Å²) >= 11 is 1.59. The van der Waals surface area contributed by atoms with Gasteiger partial charge in [0.05, 0.1) is 0 Å². The van der Waals surface area contributed by atoms with Gasteiger partial charge in [-0.15, -0.1) is 24.2 Å². The molecule has 1 fully saturated rings. The maximum atomic E-state index is 12.8. The number of amides is 1. The molecule has 1 aromatic carbocycles. The minimum atomic E-state index is -0.231. The minimum Gasteiger partial charge on any atom is -0.353 e. The van der Waals surface area contributed by atoms with Gasteiger partial charge in [-0.25, -0.2) is 4.39 Å². The number of nitrogens with one attached hydrogen (secondary N) is 2. The lowest BCUT2D eigenvalue weighted by molar-refractivity contribution is -0.124. The smallest absolute Gasteiger partial charge is 0.223 e. The molecule has 118 valence electrons. The summed E-state index contributed by atoms with van der Waals surface area (Å²) in [7, 11) is 0. The van der Waals surface area contributed by atoms with Crippen LogP contribution in [0.1, 0.15) is 19.8 Å². The van der Waals surface area contributed by atoms with Gasteiger partial charge in [0.15, 0.2) is 0 Å². The summed E-state index contributed by atoms with van der Waals surface area (Å²) < 4.78 is 12.8. The molecule has 1 amide bonds. The van der Waals surface area contributed by atoms with Crippen molar-refractivity contribution in [1.29, 1.82) is 0 Å². The molecule has 3 nitrogen and oxygen atoms in total. The van der Waals surface area contributed by atoms with Crippen LogP contribution in [0.4, 0.5) is 4.39 Å². The highest BCUT2D eigenvalue weighted by molar-refractivity contribution is 7.99. The maximum Gasteiger partial charge on any atom is 0.223 e. The lowest BCUT2D eigenvalue weighted by Gasteiger charge is -2.25. The summed E-state index contributed by atoms with van der Waals surface area (Å²) in [5.41, 5.74) is 0. The van der Waals surface area contributed by atoms with E-state index in [-0.39, 0.29) is 30.0 Å². The van der Waals surface area contributed by atoms with Gasteiger partial charge < -0.3 is 10.6 Å². The first-order valence-electron chi connectivity index (χ1n) is 7.04. The molecule has 0 saturated carbocycles. The van der Waals surface area contributed by atoms with E-state index >= 15 is 0 Å². The van der Waals surface area contributed by atoms with Crippen LogP contribution in [0, 0.1) is 11.7 Å². The Labute approximate surface area is 135 Å². The second kappa shape index (κ2) is 9.28. The van der Waals surface area contributed by atoms with E-state index in [1.807, 2.05) is 6.92 Å². The highest BCUT2D eigenvalue weighted by atomic mass is 35.5. The van der Waals surface area contributed by atoms with E-state index in [0.717, 1.165) is 30.8 Å². The van der Waals surface area contributed by atoms with E-state index in [1.165, 1.54) is 12.1 Å². The molecule has 21 heavy (non-hydrogen) atoms. The molecule has 0 aromatic heterocycles. The van der Waals surface area contributed by atoms with Crippen LogP contribution in [-0.4, -0.2) is 30.8 Å². The van der Waals surface area contributed by atoms with Crippen molar-refractivity contribution in [3.05, 3.63) is 30.1 Å². The number of hydrogen-bond acceptors (Lipinski definition) is 3. The molecule has 2 N–H and O–H groups in total. The Bertz CT molecular complexity index is 438. The van der Waals surface area contributed by atoms with Crippen molar-refractivity contribution in [3.8, 4) is 0 Å². The van der Waals surface area contributed by atoms with Crippen LogP contribution >= 0.6 is 24.2 Å². The number of halogens is 2.